The van der Waals surface area contributed by atoms with Gasteiger partial charge >= 0.3 is 14.8 Å². The SMILES string of the molecule is CCCO[Si](Cc1ccc(O)cc1)(OCCC)OCCCOC(=O)c1ccc(O)cc1. The molecule has 0 saturated heterocycles. The number of rotatable bonds is 14. The molecule has 0 heterocycles. The smallest absolute Gasteiger partial charge is 0.505 e. The summed E-state index contributed by atoms with van der Waals surface area (Å²) in [5.74, 6) is -0.146. The van der Waals surface area contributed by atoms with Crippen LogP contribution < -0.4 is 0 Å². The molecule has 0 atom stereocenters. The van der Waals surface area contributed by atoms with Gasteiger partial charge in [0, 0.05) is 32.3 Å². The summed E-state index contributed by atoms with van der Waals surface area (Å²) in [6.45, 7) is 5.66. The normalized spacial score (nSPS) is 11.4. The quantitative estimate of drug-likeness (QED) is 0.254. The first kappa shape index (κ1) is 24.9. The van der Waals surface area contributed by atoms with Gasteiger partial charge in [0.1, 0.15) is 11.5 Å². The highest BCUT2D eigenvalue weighted by atomic mass is 28.4. The van der Waals surface area contributed by atoms with E-state index in [2.05, 4.69) is 0 Å². The lowest BCUT2D eigenvalue weighted by molar-refractivity contribution is 0.0393. The van der Waals surface area contributed by atoms with E-state index < -0.39 is 14.8 Å². The third-order valence-corrected chi connectivity index (χ3v) is 7.13. The fourth-order valence-electron chi connectivity index (χ4n) is 2.79. The molecule has 0 amide bonds. The minimum Gasteiger partial charge on any atom is -0.508 e. The summed E-state index contributed by atoms with van der Waals surface area (Å²) >= 11 is 0. The first-order valence-electron chi connectivity index (χ1n) is 10.6. The maximum absolute atomic E-state index is 12.1. The molecule has 2 N–H and O–H groups in total. The van der Waals surface area contributed by atoms with Crippen molar-refractivity contribution in [3.05, 3.63) is 59.7 Å². The van der Waals surface area contributed by atoms with E-state index in [-0.39, 0.29) is 18.1 Å². The van der Waals surface area contributed by atoms with Crippen LogP contribution in [0.5, 0.6) is 11.5 Å². The van der Waals surface area contributed by atoms with Gasteiger partial charge in [0.2, 0.25) is 0 Å². The number of carbonyl (C=O) groups excluding carboxylic acids is 1. The van der Waals surface area contributed by atoms with Crippen LogP contribution in [0.3, 0.4) is 0 Å². The van der Waals surface area contributed by atoms with Crippen LogP contribution in [0.2, 0.25) is 0 Å². The van der Waals surface area contributed by atoms with Crippen molar-refractivity contribution in [3.8, 4) is 11.5 Å². The second kappa shape index (κ2) is 13.1. The van der Waals surface area contributed by atoms with Crippen LogP contribution in [0.25, 0.3) is 0 Å². The van der Waals surface area contributed by atoms with Crippen molar-refractivity contribution < 1.29 is 33.0 Å². The summed E-state index contributed by atoms with van der Waals surface area (Å²) in [6.07, 6.45) is 2.18. The van der Waals surface area contributed by atoms with Crippen molar-refractivity contribution in [1.29, 1.82) is 0 Å². The number of hydrogen-bond donors (Lipinski definition) is 2. The predicted molar refractivity (Wildman–Crippen MR) is 119 cm³/mol. The molecule has 0 aromatic heterocycles. The lowest BCUT2D eigenvalue weighted by Gasteiger charge is -2.30. The maximum Gasteiger partial charge on any atom is 0.505 e. The van der Waals surface area contributed by atoms with Gasteiger partial charge in [-0.15, -0.1) is 0 Å². The molecule has 0 spiro atoms. The summed E-state index contributed by atoms with van der Waals surface area (Å²) in [5, 5.41) is 18.8. The topological polar surface area (TPSA) is 94.5 Å². The largest absolute Gasteiger partial charge is 0.508 e. The molecule has 0 bridgehead atoms. The molecule has 0 fully saturated rings. The first-order valence-corrected chi connectivity index (χ1v) is 12.6. The molecule has 2 rings (SSSR count). The number of carbonyl (C=O) groups is 1. The molecule has 0 aliphatic carbocycles. The molecule has 7 nitrogen and oxygen atoms in total. The van der Waals surface area contributed by atoms with Gasteiger partial charge in [-0.1, -0.05) is 26.0 Å². The number of benzene rings is 2. The molecular weight excluding hydrogens is 416 g/mol. The zero-order chi connectivity index (χ0) is 22.5. The molecule has 0 unspecified atom stereocenters. The number of esters is 1. The minimum atomic E-state index is -2.99. The van der Waals surface area contributed by atoms with E-state index in [1.54, 1.807) is 12.1 Å². The Bertz CT molecular complexity index is 770. The van der Waals surface area contributed by atoms with E-state index >= 15 is 0 Å². The number of aromatic hydroxyl groups is 2. The van der Waals surface area contributed by atoms with Gasteiger partial charge in [0.15, 0.2) is 0 Å². The van der Waals surface area contributed by atoms with Crippen LogP contribution >= 0.6 is 0 Å². The van der Waals surface area contributed by atoms with Gasteiger partial charge in [-0.25, -0.2) is 4.79 Å². The summed E-state index contributed by atoms with van der Waals surface area (Å²) in [6, 6.07) is 13.4. The Hall–Kier alpha value is -2.39. The van der Waals surface area contributed by atoms with Crippen LogP contribution in [0, 0.1) is 0 Å². The van der Waals surface area contributed by atoms with E-state index in [0.29, 0.717) is 37.8 Å². The predicted octanol–water partition coefficient (Wildman–Crippen LogP) is 4.24. The molecule has 31 heavy (non-hydrogen) atoms. The van der Waals surface area contributed by atoms with Gasteiger partial charge < -0.3 is 28.2 Å². The monoisotopic (exact) mass is 448 g/mol. The van der Waals surface area contributed by atoms with E-state index in [9.17, 15) is 15.0 Å². The van der Waals surface area contributed by atoms with Crippen molar-refractivity contribution in [3.63, 3.8) is 0 Å². The van der Waals surface area contributed by atoms with Crippen LogP contribution in [-0.4, -0.2) is 51.4 Å². The van der Waals surface area contributed by atoms with E-state index in [0.717, 1.165) is 18.4 Å². The Morgan fingerprint density at radius 1 is 0.774 bits per heavy atom. The third kappa shape index (κ3) is 8.70. The van der Waals surface area contributed by atoms with Gasteiger partial charge in [0.25, 0.3) is 0 Å². The average molecular weight is 449 g/mol. The van der Waals surface area contributed by atoms with Crippen molar-refractivity contribution >= 4 is 14.8 Å². The second-order valence-corrected chi connectivity index (χ2v) is 9.69. The van der Waals surface area contributed by atoms with Gasteiger partial charge in [0.05, 0.1) is 12.2 Å². The molecular formula is C23H32O7Si. The Kier molecular flexibility index (Phi) is 10.5. The van der Waals surface area contributed by atoms with Crippen LogP contribution in [0.15, 0.2) is 48.5 Å². The van der Waals surface area contributed by atoms with Crippen molar-refractivity contribution in [2.75, 3.05) is 26.4 Å². The highest BCUT2D eigenvalue weighted by molar-refractivity contribution is 6.60. The van der Waals surface area contributed by atoms with Crippen LogP contribution in [0.1, 0.15) is 49.0 Å². The first-order chi connectivity index (χ1) is 15.0. The van der Waals surface area contributed by atoms with Crippen molar-refractivity contribution in [2.24, 2.45) is 0 Å². The standard InChI is InChI=1S/C23H32O7Si/c1-3-14-28-31(29-15-4-2,18-19-6-10-21(24)11-7-19)30-17-5-16-27-23(26)20-8-12-22(25)13-9-20/h6-13,24-25H,3-5,14-18H2,1-2H3. The molecule has 0 radical (unpaired) electrons. The van der Waals surface area contributed by atoms with E-state index in [1.807, 2.05) is 26.0 Å². The number of hydrogen-bond acceptors (Lipinski definition) is 7. The summed E-state index contributed by atoms with van der Waals surface area (Å²) < 4.78 is 23.7. The average Bonchev–Trinajstić information content (AvgIpc) is 2.78. The minimum absolute atomic E-state index is 0.0963. The number of phenolic OH excluding ortho intramolecular Hbond substituents is 2. The zero-order valence-electron chi connectivity index (χ0n) is 18.2. The van der Waals surface area contributed by atoms with Gasteiger partial charge in [-0.05, 0) is 54.8 Å². The molecule has 2 aromatic carbocycles. The van der Waals surface area contributed by atoms with Crippen LogP contribution in [0.4, 0.5) is 0 Å². The van der Waals surface area contributed by atoms with E-state index in [1.165, 1.54) is 24.3 Å². The molecule has 2 aromatic rings. The Balaban J connectivity index is 1.93. The highest BCUT2D eigenvalue weighted by Crippen LogP contribution is 2.20. The van der Waals surface area contributed by atoms with E-state index in [4.69, 9.17) is 18.0 Å². The highest BCUT2D eigenvalue weighted by Gasteiger charge is 2.41. The number of phenols is 2. The molecule has 0 aliphatic heterocycles. The second-order valence-electron chi connectivity index (χ2n) is 7.11. The zero-order valence-corrected chi connectivity index (χ0v) is 19.2. The van der Waals surface area contributed by atoms with Gasteiger partial charge in [-0.2, -0.15) is 0 Å². The fraction of sp³-hybridized carbons (Fsp3) is 0.435. The van der Waals surface area contributed by atoms with Crippen molar-refractivity contribution in [2.45, 2.75) is 39.2 Å². The summed E-state index contributed by atoms with van der Waals surface area (Å²) in [4.78, 5) is 12.1. The summed E-state index contributed by atoms with van der Waals surface area (Å²) in [7, 11) is -2.99. The fourth-order valence-corrected chi connectivity index (χ4v) is 5.57. The van der Waals surface area contributed by atoms with Crippen molar-refractivity contribution in [1.82, 2.24) is 0 Å². The number of ether oxygens (including phenoxy) is 1. The lowest BCUT2D eigenvalue weighted by atomic mass is 10.2. The molecule has 0 aliphatic rings. The summed E-state index contributed by atoms with van der Waals surface area (Å²) in [5.41, 5.74) is 1.35. The Morgan fingerprint density at radius 2 is 1.29 bits per heavy atom. The molecule has 0 saturated carbocycles. The third-order valence-electron chi connectivity index (χ3n) is 4.36. The molecule has 170 valence electrons. The Morgan fingerprint density at radius 3 is 1.84 bits per heavy atom. The maximum atomic E-state index is 12.1. The van der Waals surface area contributed by atoms with Crippen LogP contribution in [-0.2, 0) is 24.1 Å². The Labute approximate surface area is 184 Å². The molecule has 8 heteroatoms. The van der Waals surface area contributed by atoms with Gasteiger partial charge in [-0.3, -0.25) is 0 Å². The lowest BCUT2D eigenvalue weighted by Crippen LogP contribution is -2.49.